The summed E-state index contributed by atoms with van der Waals surface area (Å²) in [6, 6.07) is 8.51. The lowest BCUT2D eigenvalue weighted by Crippen LogP contribution is -2.41. The van der Waals surface area contributed by atoms with Crippen molar-refractivity contribution in [2.75, 3.05) is 13.6 Å². The number of ether oxygens (including phenoxy) is 2. The number of carboxylic acid groups (broad SMARTS) is 1. The van der Waals surface area contributed by atoms with E-state index in [1.54, 1.807) is 12.1 Å². The summed E-state index contributed by atoms with van der Waals surface area (Å²) in [5.41, 5.74) is 6.43. The molecule has 0 aromatic heterocycles. The van der Waals surface area contributed by atoms with E-state index in [0.717, 1.165) is 10.5 Å². The van der Waals surface area contributed by atoms with Crippen molar-refractivity contribution in [3.05, 3.63) is 35.9 Å². The fourth-order valence-electron chi connectivity index (χ4n) is 3.47. The van der Waals surface area contributed by atoms with Crippen LogP contribution in [0.4, 0.5) is 9.59 Å². The number of likely N-dealkylation sites (tertiary alicyclic amines) is 1. The maximum Gasteiger partial charge on any atom is 0.410 e. The van der Waals surface area contributed by atoms with Crippen LogP contribution in [0.15, 0.2) is 30.3 Å². The predicted molar refractivity (Wildman–Crippen MR) is 110 cm³/mol. The third-order valence-electron chi connectivity index (χ3n) is 5.12. The smallest absolute Gasteiger partial charge is 0.410 e. The van der Waals surface area contributed by atoms with E-state index in [9.17, 15) is 19.5 Å². The number of hydrogen-bond donors (Lipinski definition) is 3. The molecular weight excluding hydrogens is 390 g/mol. The van der Waals surface area contributed by atoms with Crippen molar-refractivity contribution < 1.29 is 29.0 Å². The van der Waals surface area contributed by atoms with Gasteiger partial charge in [0.2, 0.25) is 0 Å². The first-order valence-corrected chi connectivity index (χ1v) is 10.2. The number of carbonyl (C=O) groups excluding carboxylic acids is 2. The number of carboxylic acids is 1. The van der Waals surface area contributed by atoms with Crippen LogP contribution in [0.2, 0.25) is 0 Å². The highest BCUT2D eigenvalue weighted by molar-refractivity contribution is 5.81. The second-order valence-corrected chi connectivity index (χ2v) is 7.46. The number of benzene rings is 1. The van der Waals surface area contributed by atoms with E-state index in [0.29, 0.717) is 6.04 Å². The largest absolute Gasteiger partial charge is 0.480 e. The molecule has 1 unspecified atom stereocenters. The maximum atomic E-state index is 12.1. The maximum absolute atomic E-state index is 12.1. The van der Waals surface area contributed by atoms with E-state index in [2.05, 4.69) is 5.32 Å². The third kappa shape index (κ3) is 7.55. The molecule has 0 spiro atoms. The lowest BCUT2D eigenvalue weighted by Gasteiger charge is -2.20. The molecule has 1 saturated carbocycles. The minimum atomic E-state index is -1.16. The Bertz CT molecular complexity index is 693. The van der Waals surface area contributed by atoms with E-state index >= 15 is 0 Å². The molecule has 1 aromatic rings. The van der Waals surface area contributed by atoms with Crippen molar-refractivity contribution in [3.63, 3.8) is 0 Å². The molecule has 1 heterocycles. The minimum Gasteiger partial charge on any atom is -0.480 e. The van der Waals surface area contributed by atoms with Crippen LogP contribution in [-0.2, 0) is 20.9 Å². The van der Waals surface area contributed by atoms with E-state index < -0.39 is 30.3 Å². The number of carbonyl (C=O) groups is 3. The molecule has 1 aromatic carbocycles. The van der Waals surface area contributed by atoms with Gasteiger partial charge in [-0.2, -0.15) is 0 Å². The molecule has 2 fully saturated rings. The first-order chi connectivity index (χ1) is 14.4. The number of nitrogens with zero attached hydrogens (tertiary/aromatic N) is 1. The Morgan fingerprint density at radius 2 is 1.83 bits per heavy atom. The predicted octanol–water partition coefficient (Wildman–Crippen LogP) is 2.48. The monoisotopic (exact) mass is 421 g/mol. The molecular formula is C21H31N3O6. The van der Waals surface area contributed by atoms with Crippen LogP contribution in [0.1, 0.15) is 44.1 Å². The number of hydrogen-bond acceptors (Lipinski definition) is 6. The van der Waals surface area contributed by atoms with E-state index in [1.807, 2.05) is 18.2 Å². The van der Waals surface area contributed by atoms with Crippen LogP contribution in [0, 0.1) is 0 Å². The average molecular weight is 421 g/mol. The lowest BCUT2D eigenvalue weighted by molar-refractivity contribution is -0.141. The number of nitrogens with one attached hydrogen (secondary N) is 1. The minimum absolute atomic E-state index is 0.0159. The van der Waals surface area contributed by atoms with Gasteiger partial charge in [-0.05, 0) is 18.4 Å². The molecule has 9 nitrogen and oxygen atoms in total. The van der Waals surface area contributed by atoms with Crippen LogP contribution in [-0.4, -0.2) is 59.9 Å². The van der Waals surface area contributed by atoms with Gasteiger partial charge in [0.15, 0.2) is 0 Å². The fourth-order valence-corrected chi connectivity index (χ4v) is 3.47. The van der Waals surface area contributed by atoms with Crippen LogP contribution in [0.5, 0.6) is 0 Å². The number of alkyl carbamates (subject to hydrolysis) is 1. The highest BCUT2D eigenvalue weighted by Crippen LogP contribution is 2.22. The summed E-state index contributed by atoms with van der Waals surface area (Å²) < 4.78 is 10.2. The van der Waals surface area contributed by atoms with Crippen LogP contribution in [0.25, 0.3) is 0 Å². The van der Waals surface area contributed by atoms with Crippen molar-refractivity contribution >= 4 is 18.2 Å². The Morgan fingerprint density at radius 3 is 2.37 bits per heavy atom. The summed E-state index contributed by atoms with van der Waals surface area (Å²) >= 11 is 0. The zero-order valence-corrected chi connectivity index (χ0v) is 17.3. The van der Waals surface area contributed by atoms with Gasteiger partial charge in [-0.1, -0.05) is 49.6 Å². The van der Waals surface area contributed by atoms with Gasteiger partial charge in [-0.3, -0.25) is 4.90 Å². The summed E-state index contributed by atoms with van der Waals surface area (Å²) in [6.45, 7) is 0.0293. The van der Waals surface area contributed by atoms with Crippen LogP contribution in [0.3, 0.4) is 0 Å². The molecule has 2 aliphatic rings. The third-order valence-corrected chi connectivity index (χ3v) is 5.12. The zero-order chi connectivity index (χ0) is 21.9. The molecule has 166 valence electrons. The average Bonchev–Trinajstić information content (AvgIpc) is 3.18. The Hall–Kier alpha value is -2.81. The molecule has 2 atom stereocenters. The van der Waals surface area contributed by atoms with Crippen molar-refractivity contribution in [2.24, 2.45) is 5.73 Å². The molecule has 0 radical (unpaired) electrons. The Morgan fingerprint density at radius 1 is 1.17 bits per heavy atom. The van der Waals surface area contributed by atoms with Gasteiger partial charge in [-0.25, -0.2) is 14.4 Å². The standard InChI is InChI=1S/C15H18N2O6.C6H13N/c1-16-14(20)23-11-7-12(13(18)19)17(8-11)15(21)22-9-10-5-3-2-4-6-10;7-6-4-2-1-3-5-6/h2-6,11-12H,7-9H2,1H3,(H,16,20)(H,18,19);6H,1-5,7H2/t11?,12-;/m0./s1. The lowest BCUT2D eigenvalue weighted by atomic mass is 9.97. The van der Waals surface area contributed by atoms with Gasteiger partial charge in [0.1, 0.15) is 18.8 Å². The summed E-state index contributed by atoms with van der Waals surface area (Å²) in [6.07, 6.45) is 4.60. The molecule has 2 amide bonds. The second-order valence-electron chi connectivity index (χ2n) is 7.46. The quantitative estimate of drug-likeness (QED) is 0.680. The molecule has 0 bridgehead atoms. The normalized spacial score (nSPS) is 21.2. The molecule has 1 saturated heterocycles. The molecule has 30 heavy (non-hydrogen) atoms. The first-order valence-electron chi connectivity index (χ1n) is 10.2. The second kappa shape index (κ2) is 12.0. The number of nitrogens with two attached hydrogens (primary N) is 1. The Balaban J connectivity index is 0.000000386. The first kappa shape index (κ1) is 23.5. The molecule has 9 heteroatoms. The molecule has 4 N–H and O–H groups in total. The number of amides is 2. The topological polar surface area (TPSA) is 131 Å². The van der Waals surface area contributed by atoms with Crippen LogP contribution < -0.4 is 11.1 Å². The fraction of sp³-hybridized carbons (Fsp3) is 0.571. The highest BCUT2D eigenvalue weighted by Gasteiger charge is 2.42. The SMILES string of the molecule is CNC(=O)OC1C[C@@H](C(=O)O)N(C(=O)OCc2ccccc2)C1.NC1CCCCC1. The van der Waals surface area contributed by atoms with Crippen molar-refractivity contribution in [1.82, 2.24) is 10.2 Å². The summed E-state index contributed by atoms with van der Waals surface area (Å²) in [4.78, 5) is 35.7. The van der Waals surface area contributed by atoms with Gasteiger partial charge >= 0.3 is 18.2 Å². The summed E-state index contributed by atoms with van der Waals surface area (Å²) in [7, 11) is 1.40. The van der Waals surface area contributed by atoms with Crippen molar-refractivity contribution in [1.29, 1.82) is 0 Å². The zero-order valence-electron chi connectivity index (χ0n) is 17.3. The van der Waals surface area contributed by atoms with E-state index in [4.69, 9.17) is 15.2 Å². The van der Waals surface area contributed by atoms with Crippen molar-refractivity contribution in [3.8, 4) is 0 Å². The number of aliphatic carboxylic acids is 1. The molecule has 1 aliphatic heterocycles. The van der Waals surface area contributed by atoms with Crippen LogP contribution >= 0.6 is 0 Å². The Kier molecular flexibility index (Phi) is 9.40. The van der Waals surface area contributed by atoms with Gasteiger partial charge in [-0.15, -0.1) is 0 Å². The van der Waals surface area contributed by atoms with Gasteiger partial charge in [0.05, 0.1) is 6.54 Å². The number of rotatable bonds is 4. The van der Waals surface area contributed by atoms with E-state index in [1.165, 1.54) is 39.2 Å². The van der Waals surface area contributed by atoms with Gasteiger partial charge in [0, 0.05) is 19.5 Å². The highest BCUT2D eigenvalue weighted by atomic mass is 16.6. The molecule has 3 rings (SSSR count). The van der Waals surface area contributed by atoms with Gasteiger partial charge < -0.3 is 25.6 Å². The molecule has 1 aliphatic carbocycles. The summed E-state index contributed by atoms with van der Waals surface area (Å²) in [5.74, 6) is -1.16. The van der Waals surface area contributed by atoms with Gasteiger partial charge in [0.25, 0.3) is 0 Å². The Labute approximate surface area is 176 Å². The summed E-state index contributed by atoms with van der Waals surface area (Å²) in [5, 5.41) is 11.5. The van der Waals surface area contributed by atoms with Crippen molar-refractivity contribution in [2.45, 2.75) is 63.3 Å². The van der Waals surface area contributed by atoms with E-state index in [-0.39, 0.29) is 19.6 Å².